The standard InChI is InChI=1S/C13H12N2O2/c16-10-3-1-2-9(6-10)13-14-11(8-4-5-8)7-12(17)15-13/h1-3,6-8,16H,4-5H2,(H,14,15,17). The normalized spacial score (nSPS) is 14.8. The molecule has 1 heterocycles. The minimum Gasteiger partial charge on any atom is -0.508 e. The number of H-pyrrole nitrogens is 1. The number of aromatic amines is 1. The molecule has 2 aromatic rings. The van der Waals surface area contributed by atoms with Crippen molar-refractivity contribution in [2.24, 2.45) is 0 Å². The summed E-state index contributed by atoms with van der Waals surface area (Å²) in [5.41, 5.74) is 1.44. The van der Waals surface area contributed by atoms with Crippen molar-refractivity contribution < 1.29 is 5.11 Å². The SMILES string of the molecule is O=c1cc(C2CC2)nc(-c2cccc(O)c2)[nH]1. The molecule has 1 aromatic heterocycles. The zero-order valence-electron chi connectivity index (χ0n) is 9.18. The van der Waals surface area contributed by atoms with Crippen LogP contribution in [0.3, 0.4) is 0 Å². The highest BCUT2D eigenvalue weighted by Gasteiger charge is 2.25. The summed E-state index contributed by atoms with van der Waals surface area (Å²) in [4.78, 5) is 18.7. The highest BCUT2D eigenvalue weighted by molar-refractivity contribution is 5.57. The molecule has 4 heteroatoms. The van der Waals surface area contributed by atoms with Crippen LogP contribution in [0.15, 0.2) is 35.1 Å². The predicted molar refractivity (Wildman–Crippen MR) is 63.9 cm³/mol. The van der Waals surface area contributed by atoms with Crippen molar-refractivity contribution in [3.63, 3.8) is 0 Å². The third kappa shape index (κ3) is 2.06. The maximum absolute atomic E-state index is 11.5. The van der Waals surface area contributed by atoms with Crippen LogP contribution in [0.25, 0.3) is 11.4 Å². The van der Waals surface area contributed by atoms with E-state index >= 15 is 0 Å². The maximum atomic E-state index is 11.5. The van der Waals surface area contributed by atoms with Gasteiger partial charge in [0.2, 0.25) is 0 Å². The molecule has 1 saturated carbocycles. The van der Waals surface area contributed by atoms with E-state index < -0.39 is 0 Å². The van der Waals surface area contributed by atoms with E-state index in [4.69, 9.17) is 0 Å². The Hall–Kier alpha value is -2.10. The first-order chi connectivity index (χ1) is 8.22. The Labute approximate surface area is 98.0 Å². The molecule has 0 amide bonds. The van der Waals surface area contributed by atoms with Crippen LogP contribution in [0.2, 0.25) is 0 Å². The van der Waals surface area contributed by atoms with E-state index in [0.29, 0.717) is 11.7 Å². The van der Waals surface area contributed by atoms with E-state index in [-0.39, 0.29) is 11.3 Å². The first-order valence-electron chi connectivity index (χ1n) is 5.63. The summed E-state index contributed by atoms with van der Waals surface area (Å²) in [6.07, 6.45) is 2.21. The van der Waals surface area contributed by atoms with Gasteiger partial charge in [-0.15, -0.1) is 0 Å². The lowest BCUT2D eigenvalue weighted by Gasteiger charge is -2.03. The summed E-state index contributed by atoms with van der Waals surface area (Å²) in [5, 5.41) is 9.41. The molecule has 4 nitrogen and oxygen atoms in total. The van der Waals surface area contributed by atoms with Gasteiger partial charge in [0, 0.05) is 17.5 Å². The van der Waals surface area contributed by atoms with Crippen molar-refractivity contribution in [2.45, 2.75) is 18.8 Å². The number of aromatic hydroxyl groups is 1. The summed E-state index contributed by atoms with van der Waals surface area (Å²) in [5.74, 6) is 1.13. The number of hydrogen-bond acceptors (Lipinski definition) is 3. The van der Waals surface area contributed by atoms with Gasteiger partial charge < -0.3 is 10.1 Å². The number of benzene rings is 1. The minimum atomic E-state index is -0.139. The van der Waals surface area contributed by atoms with Crippen LogP contribution in [0.4, 0.5) is 0 Å². The molecule has 1 aliphatic rings. The average Bonchev–Trinajstić information content (AvgIpc) is 3.12. The number of hydrogen-bond donors (Lipinski definition) is 2. The molecule has 3 rings (SSSR count). The molecule has 0 atom stereocenters. The molecule has 86 valence electrons. The van der Waals surface area contributed by atoms with Crippen LogP contribution in [0.1, 0.15) is 24.5 Å². The Balaban J connectivity index is 2.10. The number of aromatic nitrogens is 2. The van der Waals surface area contributed by atoms with E-state index in [1.54, 1.807) is 24.3 Å². The average molecular weight is 228 g/mol. The van der Waals surface area contributed by atoms with Crippen LogP contribution >= 0.6 is 0 Å². The second-order valence-corrected chi connectivity index (χ2v) is 4.34. The molecule has 17 heavy (non-hydrogen) atoms. The maximum Gasteiger partial charge on any atom is 0.251 e. The van der Waals surface area contributed by atoms with Gasteiger partial charge in [0.1, 0.15) is 11.6 Å². The third-order valence-electron chi connectivity index (χ3n) is 2.88. The zero-order chi connectivity index (χ0) is 11.8. The van der Waals surface area contributed by atoms with Crippen molar-refractivity contribution in [1.82, 2.24) is 9.97 Å². The van der Waals surface area contributed by atoms with Gasteiger partial charge in [0.05, 0.1) is 5.69 Å². The monoisotopic (exact) mass is 228 g/mol. The van der Waals surface area contributed by atoms with E-state index in [9.17, 15) is 9.90 Å². The molecule has 0 bridgehead atoms. The molecule has 1 fully saturated rings. The van der Waals surface area contributed by atoms with Crippen molar-refractivity contribution >= 4 is 0 Å². The van der Waals surface area contributed by atoms with Crippen molar-refractivity contribution in [2.75, 3.05) is 0 Å². The van der Waals surface area contributed by atoms with Gasteiger partial charge in [0.25, 0.3) is 5.56 Å². The lowest BCUT2D eigenvalue weighted by molar-refractivity contribution is 0.475. The summed E-state index contributed by atoms with van der Waals surface area (Å²) < 4.78 is 0. The third-order valence-corrected chi connectivity index (χ3v) is 2.88. The lowest BCUT2D eigenvalue weighted by Crippen LogP contribution is -2.09. The predicted octanol–water partition coefficient (Wildman–Crippen LogP) is 2.02. The van der Waals surface area contributed by atoms with Gasteiger partial charge in [0.15, 0.2) is 0 Å². The number of rotatable bonds is 2. The molecule has 0 radical (unpaired) electrons. The fourth-order valence-electron chi connectivity index (χ4n) is 1.85. The topological polar surface area (TPSA) is 66.0 Å². The van der Waals surface area contributed by atoms with Gasteiger partial charge >= 0.3 is 0 Å². The molecule has 0 saturated heterocycles. The molecule has 1 aliphatic carbocycles. The summed E-state index contributed by atoms with van der Waals surface area (Å²) >= 11 is 0. The Bertz CT molecular complexity index is 615. The van der Waals surface area contributed by atoms with Gasteiger partial charge in [-0.2, -0.15) is 0 Å². The molecular formula is C13H12N2O2. The molecule has 0 unspecified atom stereocenters. The number of phenols is 1. The van der Waals surface area contributed by atoms with E-state index in [1.807, 2.05) is 6.07 Å². The highest BCUT2D eigenvalue weighted by atomic mass is 16.3. The van der Waals surface area contributed by atoms with Gasteiger partial charge in [-0.25, -0.2) is 4.98 Å². The number of nitrogens with zero attached hydrogens (tertiary/aromatic N) is 1. The Morgan fingerprint density at radius 1 is 1.29 bits per heavy atom. The van der Waals surface area contributed by atoms with Crippen LogP contribution in [0, 0.1) is 0 Å². The fraction of sp³-hybridized carbons (Fsp3) is 0.231. The Morgan fingerprint density at radius 2 is 2.12 bits per heavy atom. The van der Waals surface area contributed by atoms with Crippen molar-refractivity contribution in [3.05, 3.63) is 46.4 Å². The van der Waals surface area contributed by atoms with Crippen LogP contribution in [0.5, 0.6) is 5.75 Å². The van der Waals surface area contributed by atoms with Gasteiger partial charge in [-0.05, 0) is 25.0 Å². The minimum absolute atomic E-state index is 0.139. The van der Waals surface area contributed by atoms with Crippen LogP contribution in [-0.2, 0) is 0 Å². The summed E-state index contributed by atoms with van der Waals surface area (Å²) in [6, 6.07) is 8.29. The molecule has 0 spiro atoms. The number of nitrogens with one attached hydrogen (secondary N) is 1. The molecule has 1 aromatic carbocycles. The second kappa shape index (κ2) is 3.73. The first-order valence-corrected chi connectivity index (χ1v) is 5.63. The highest BCUT2D eigenvalue weighted by Crippen LogP contribution is 2.38. The van der Waals surface area contributed by atoms with E-state index in [0.717, 1.165) is 24.1 Å². The van der Waals surface area contributed by atoms with Gasteiger partial charge in [-0.3, -0.25) is 4.79 Å². The Morgan fingerprint density at radius 3 is 2.82 bits per heavy atom. The quantitative estimate of drug-likeness (QED) is 0.826. The largest absolute Gasteiger partial charge is 0.508 e. The smallest absolute Gasteiger partial charge is 0.251 e. The van der Waals surface area contributed by atoms with Crippen LogP contribution in [-0.4, -0.2) is 15.1 Å². The Kier molecular flexibility index (Phi) is 2.21. The number of phenolic OH excluding ortho intramolecular Hbond substituents is 1. The van der Waals surface area contributed by atoms with E-state index in [1.165, 1.54) is 0 Å². The summed E-state index contributed by atoms with van der Waals surface area (Å²) in [7, 11) is 0. The first kappa shape index (κ1) is 10.1. The molecule has 0 aliphatic heterocycles. The van der Waals surface area contributed by atoms with Crippen molar-refractivity contribution in [1.29, 1.82) is 0 Å². The fourth-order valence-corrected chi connectivity index (χ4v) is 1.85. The lowest BCUT2D eigenvalue weighted by atomic mass is 10.2. The summed E-state index contributed by atoms with van der Waals surface area (Å²) in [6.45, 7) is 0. The van der Waals surface area contributed by atoms with Crippen LogP contribution < -0.4 is 5.56 Å². The molecular weight excluding hydrogens is 216 g/mol. The zero-order valence-corrected chi connectivity index (χ0v) is 9.18. The van der Waals surface area contributed by atoms with Crippen molar-refractivity contribution in [3.8, 4) is 17.1 Å². The van der Waals surface area contributed by atoms with Gasteiger partial charge in [-0.1, -0.05) is 12.1 Å². The molecule has 2 N–H and O–H groups in total. The van der Waals surface area contributed by atoms with E-state index in [2.05, 4.69) is 9.97 Å². The second-order valence-electron chi connectivity index (χ2n) is 4.34.